The van der Waals surface area contributed by atoms with Crippen LogP contribution in [0.4, 0.5) is 0 Å². The van der Waals surface area contributed by atoms with E-state index in [1.165, 1.54) is 0 Å². The van der Waals surface area contributed by atoms with Crippen molar-refractivity contribution in [1.29, 1.82) is 0 Å². The van der Waals surface area contributed by atoms with Gasteiger partial charge in [0, 0.05) is 17.5 Å². The molecule has 0 aliphatic heterocycles. The first-order valence-electron chi connectivity index (χ1n) is 10.0. The van der Waals surface area contributed by atoms with Crippen molar-refractivity contribution >= 4 is 11.7 Å². The molecule has 3 aromatic carbocycles. The van der Waals surface area contributed by atoms with E-state index in [1.54, 1.807) is 24.3 Å². The highest BCUT2D eigenvalue weighted by molar-refractivity contribution is 6.13. The van der Waals surface area contributed by atoms with Gasteiger partial charge in [-0.05, 0) is 38.5 Å². The van der Waals surface area contributed by atoms with Gasteiger partial charge in [0.15, 0.2) is 6.04 Å². The molecule has 0 saturated heterocycles. The number of aromatic hydroxyl groups is 1. The van der Waals surface area contributed by atoms with Gasteiger partial charge in [-0.1, -0.05) is 72.8 Å². The maximum Gasteiger partial charge on any atom is 0.331 e. The van der Waals surface area contributed by atoms with E-state index in [0.717, 1.165) is 22.4 Å². The van der Waals surface area contributed by atoms with Gasteiger partial charge in [-0.3, -0.25) is 4.99 Å². The number of benzene rings is 3. The number of phenols is 1. The number of nitrogens with zero attached hydrogens (tertiary/aromatic N) is 1. The van der Waals surface area contributed by atoms with Gasteiger partial charge in [0.25, 0.3) is 0 Å². The van der Waals surface area contributed by atoms with Crippen LogP contribution in [0.15, 0.2) is 89.9 Å². The zero-order valence-electron chi connectivity index (χ0n) is 17.6. The van der Waals surface area contributed by atoms with Crippen LogP contribution < -0.4 is 0 Å². The van der Waals surface area contributed by atoms with Crippen molar-refractivity contribution in [1.82, 2.24) is 0 Å². The zero-order valence-corrected chi connectivity index (χ0v) is 17.6. The Kier molecular flexibility index (Phi) is 6.68. The summed E-state index contributed by atoms with van der Waals surface area (Å²) in [4.78, 5) is 17.9. The molecule has 1 atom stereocenters. The molecule has 0 saturated carbocycles. The number of rotatable bonds is 6. The van der Waals surface area contributed by atoms with E-state index < -0.39 is 11.6 Å². The lowest BCUT2D eigenvalue weighted by Gasteiger charge is -2.23. The Morgan fingerprint density at radius 2 is 1.37 bits per heavy atom. The molecule has 0 aliphatic carbocycles. The van der Waals surface area contributed by atoms with Crippen molar-refractivity contribution in [3.8, 4) is 5.75 Å². The van der Waals surface area contributed by atoms with Gasteiger partial charge in [0.1, 0.15) is 11.4 Å². The molecule has 0 spiro atoms. The molecule has 154 valence electrons. The summed E-state index contributed by atoms with van der Waals surface area (Å²) in [7, 11) is 0. The Bertz CT molecular complexity index is 946. The molecule has 0 amide bonds. The fourth-order valence-corrected chi connectivity index (χ4v) is 3.07. The number of aliphatic imine (C=N–C) groups is 1. The summed E-state index contributed by atoms with van der Waals surface area (Å²) >= 11 is 0. The molecular weight excluding hydrogens is 374 g/mol. The number of esters is 1. The van der Waals surface area contributed by atoms with Gasteiger partial charge < -0.3 is 9.84 Å². The molecule has 3 aromatic rings. The third kappa shape index (κ3) is 6.05. The van der Waals surface area contributed by atoms with Crippen LogP contribution in [0.5, 0.6) is 5.75 Å². The van der Waals surface area contributed by atoms with Crippen LogP contribution in [0.3, 0.4) is 0 Å². The molecule has 0 heterocycles. The van der Waals surface area contributed by atoms with Gasteiger partial charge in [0.2, 0.25) is 0 Å². The monoisotopic (exact) mass is 401 g/mol. The summed E-state index contributed by atoms with van der Waals surface area (Å²) in [6.07, 6.45) is 0.373. The second-order valence-corrected chi connectivity index (χ2v) is 8.13. The third-order valence-electron chi connectivity index (χ3n) is 4.42. The minimum atomic E-state index is -0.718. The standard InChI is InChI=1S/C26H27NO3/c1-26(2,3)30-25(29)23(18-19-14-16-22(28)17-15-19)27-24(20-10-6-4-7-11-20)21-12-8-5-9-13-21/h4-17,23,28H,18H2,1-3H3/t23-/m0/s1. The van der Waals surface area contributed by atoms with Crippen molar-refractivity contribution in [2.45, 2.75) is 38.8 Å². The first-order valence-corrected chi connectivity index (χ1v) is 10.0. The van der Waals surface area contributed by atoms with Crippen LogP contribution in [0.1, 0.15) is 37.5 Å². The molecular formula is C26H27NO3. The zero-order chi connectivity index (χ0) is 21.6. The SMILES string of the molecule is CC(C)(C)OC(=O)[C@H](Cc1ccc(O)cc1)N=C(c1ccccc1)c1ccccc1. The van der Waals surface area contributed by atoms with Gasteiger partial charge in [-0.2, -0.15) is 0 Å². The van der Waals surface area contributed by atoms with E-state index in [2.05, 4.69) is 0 Å². The Labute approximate surface area is 177 Å². The first-order chi connectivity index (χ1) is 14.3. The molecule has 0 aliphatic rings. The van der Waals surface area contributed by atoms with Crippen molar-refractivity contribution in [3.63, 3.8) is 0 Å². The fourth-order valence-electron chi connectivity index (χ4n) is 3.07. The summed E-state index contributed by atoms with van der Waals surface area (Å²) in [6.45, 7) is 5.55. The van der Waals surface area contributed by atoms with Crippen molar-refractivity contribution < 1.29 is 14.6 Å². The lowest BCUT2D eigenvalue weighted by Crippen LogP contribution is -2.33. The Balaban J connectivity index is 2.05. The molecule has 0 unspecified atom stereocenters. The molecule has 3 rings (SSSR count). The van der Waals surface area contributed by atoms with Gasteiger partial charge in [0.05, 0.1) is 5.71 Å². The quantitative estimate of drug-likeness (QED) is 0.457. The lowest BCUT2D eigenvalue weighted by molar-refractivity contribution is -0.156. The van der Waals surface area contributed by atoms with Gasteiger partial charge in [-0.15, -0.1) is 0 Å². The smallest absolute Gasteiger partial charge is 0.331 e. The summed E-state index contributed by atoms with van der Waals surface area (Å²) in [6, 6.07) is 25.8. The van der Waals surface area contributed by atoms with E-state index in [-0.39, 0.29) is 11.7 Å². The summed E-state index contributed by atoms with van der Waals surface area (Å²) in [5, 5.41) is 9.58. The van der Waals surface area contributed by atoms with Crippen molar-refractivity contribution in [2.24, 2.45) is 4.99 Å². The maximum absolute atomic E-state index is 13.0. The van der Waals surface area contributed by atoms with E-state index >= 15 is 0 Å². The normalized spacial score (nSPS) is 12.1. The summed E-state index contributed by atoms with van der Waals surface area (Å²) in [5.74, 6) is -0.190. The van der Waals surface area contributed by atoms with E-state index in [0.29, 0.717) is 6.42 Å². The number of carbonyl (C=O) groups excluding carboxylic acids is 1. The number of phenolic OH excluding ortho intramolecular Hbond substituents is 1. The summed E-state index contributed by atoms with van der Waals surface area (Å²) in [5.41, 5.74) is 2.89. The largest absolute Gasteiger partial charge is 0.508 e. The molecule has 30 heavy (non-hydrogen) atoms. The Hall–Kier alpha value is -3.40. The van der Waals surface area contributed by atoms with E-state index in [9.17, 15) is 9.90 Å². The van der Waals surface area contributed by atoms with Crippen LogP contribution in [0, 0.1) is 0 Å². The predicted molar refractivity (Wildman–Crippen MR) is 120 cm³/mol. The highest BCUT2D eigenvalue weighted by Gasteiger charge is 2.26. The minimum absolute atomic E-state index is 0.185. The minimum Gasteiger partial charge on any atom is -0.508 e. The second kappa shape index (κ2) is 9.40. The van der Waals surface area contributed by atoms with Crippen LogP contribution in [-0.4, -0.2) is 28.4 Å². The fraction of sp³-hybridized carbons (Fsp3) is 0.231. The molecule has 0 fully saturated rings. The number of ether oxygens (including phenoxy) is 1. The molecule has 0 bridgehead atoms. The summed E-state index contributed by atoms with van der Waals surface area (Å²) < 4.78 is 5.67. The Morgan fingerprint density at radius 3 is 1.83 bits per heavy atom. The average Bonchev–Trinajstić information content (AvgIpc) is 2.72. The number of carbonyl (C=O) groups is 1. The molecule has 4 nitrogen and oxygen atoms in total. The Morgan fingerprint density at radius 1 is 0.867 bits per heavy atom. The second-order valence-electron chi connectivity index (χ2n) is 8.13. The van der Waals surface area contributed by atoms with Crippen LogP contribution in [-0.2, 0) is 16.0 Å². The third-order valence-corrected chi connectivity index (χ3v) is 4.42. The highest BCUT2D eigenvalue weighted by atomic mass is 16.6. The number of hydrogen-bond donors (Lipinski definition) is 1. The maximum atomic E-state index is 13.0. The van der Waals surface area contributed by atoms with Gasteiger partial charge >= 0.3 is 5.97 Å². The van der Waals surface area contributed by atoms with Crippen molar-refractivity contribution in [3.05, 3.63) is 102 Å². The molecule has 4 heteroatoms. The van der Waals surface area contributed by atoms with E-state index in [1.807, 2.05) is 81.4 Å². The lowest BCUT2D eigenvalue weighted by atomic mass is 10.0. The molecule has 0 aromatic heterocycles. The predicted octanol–water partition coefficient (Wildman–Crippen LogP) is 5.18. The molecule has 0 radical (unpaired) electrons. The van der Waals surface area contributed by atoms with Gasteiger partial charge in [-0.25, -0.2) is 4.79 Å². The van der Waals surface area contributed by atoms with Crippen LogP contribution >= 0.6 is 0 Å². The molecule has 1 N–H and O–H groups in total. The topological polar surface area (TPSA) is 58.9 Å². The highest BCUT2D eigenvalue weighted by Crippen LogP contribution is 2.19. The van der Waals surface area contributed by atoms with E-state index in [4.69, 9.17) is 9.73 Å². The average molecular weight is 402 g/mol. The number of hydrogen-bond acceptors (Lipinski definition) is 4. The van der Waals surface area contributed by atoms with Crippen LogP contribution in [0.25, 0.3) is 0 Å². The van der Waals surface area contributed by atoms with Crippen molar-refractivity contribution in [2.75, 3.05) is 0 Å². The first kappa shape index (κ1) is 21.3. The van der Waals surface area contributed by atoms with Crippen LogP contribution in [0.2, 0.25) is 0 Å².